The number of nitrogens with zero attached hydrogens (tertiary/aromatic N) is 3. The van der Waals surface area contributed by atoms with Crippen LogP contribution in [0.4, 0.5) is 11.6 Å². The first-order valence-electron chi connectivity index (χ1n) is 12.8. The van der Waals surface area contributed by atoms with Gasteiger partial charge in [0.05, 0.1) is 11.0 Å². The fraction of sp³-hybridized carbons (Fsp3) is 0.517. The highest BCUT2D eigenvalue weighted by atomic mass is 32.2. The van der Waals surface area contributed by atoms with Crippen molar-refractivity contribution in [2.75, 3.05) is 17.7 Å². The van der Waals surface area contributed by atoms with Crippen LogP contribution in [0.25, 0.3) is 11.0 Å². The second-order valence-corrected chi connectivity index (χ2v) is 11.7. The van der Waals surface area contributed by atoms with Crippen molar-refractivity contribution in [2.45, 2.75) is 83.8 Å². The zero-order valence-corrected chi connectivity index (χ0v) is 22.6. The van der Waals surface area contributed by atoms with Crippen molar-refractivity contribution in [1.82, 2.24) is 9.55 Å². The molecule has 0 bridgehead atoms. The highest BCUT2D eigenvalue weighted by molar-refractivity contribution is 8.00. The molecule has 3 aromatic rings. The molecule has 34 heavy (non-hydrogen) atoms. The molecule has 0 fully saturated rings. The molecular formula is C29H41N3OS. The normalized spacial score (nSPS) is 12.8. The molecule has 0 radical (unpaired) electrons. The van der Waals surface area contributed by atoms with Crippen LogP contribution in [0.5, 0.6) is 0 Å². The van der Waals surface area contributed by atoms with E-state index in [1.54, 1.807) is 0 Å². The third-order valence-corrected chi connectivity index (χ3v) is 7.98. The molecule has 0 saturated carbocycles. The average Bonchev–Trinajstić information content (AvgIpc) is 3.21. The lowest BCUT2D eigenvalue weighted by molar-refractivity contribution is 0.0917. The molecule has 0 N–H and O–H groups in total. The first kappa shape index (κ1) is 26.3. The quantitative estimate of drug-likeness (QED) is 0.261. The van der Waals surface area contributed by atoms with Crippen molar-refractivity contribution in [3.63, 3.8) is 0 Å². The summed E-state index contributed by atoms with van der Waals surface area (Å²) >= 11 is 1.90. The van der Waals surface area contributed by atoms with Gasteiger partial charge in [0.25, 0.3) is 0 Å². The number of carbonyl (C=O) groups is 1. The van der Waals surface area contributed by atoms with E-state index in [2.05, 4.69) is 65.0 Å². The fourth-order valence-electron chi connectivity index (χ4n) is 4.43. The Morgan fingerprint density at radius 3 is 2.53 bits per heavy atom. The Hall–Kier alpha value is -2.27. The number of aromatic nitrogens is 2. The number of unbranched alkanes of at least 4 members (excludes halogenated alkanes) is 1. The maximum absolute atomic E-state index is 13.6. The monoisotopic (exact) mass is 479 g/mol. The van der Waals surface area contributed by atoms with Crippen LogP contribution < -0.4 is 4.90 Å². The number of thioether (sulfide) groups is 1. The SMILES string of the molecule is CCCCC(C)(C)SCCC(=O)n1c(N(C)c2ccccc2)nc2cc(C(C)CCC)ccc21. The zero-order chi connectivity index (χ0) is 24.7. The molecule has 0 saturated heterocycles. The predicted octanol–water partition coefficient (Wildman–Crippen LogP) is 8.44. The number of para-hydroxylation sites is 1. The smallest absolute Gasteiger partial charge is 0.234 e. The molecule has 1 atom stereocenters. The summed E-state index contributed by atoms with van der Waals surface area (Å²) in [6, 6.07) is 16.6. The lowest BCUT2D eigenvalue weighted by atomic mass is 9.96. The van der Waals surface area contributed by atoms with Crippen LogP contribution in [0.1, 0.15) is 89.4 Å². The van der Waals surface area contributed by atoms with Gasteiger partial charge in [-0.25, -0.2) is 9.55 Å². The Morgan fingerprint density at radius 2 is 1.85 bits per heavy atom. The van der Waals surface area contributed by atoms with Crippen molar-refractivity contribution in [3.8, 4) is 0 Å². The summed E-state index contributed by atoms with van der Waals surface area (Å²) in [5, 5.41) is 0. The number of carbonyl (C=O) groups excluding carboxylic acids is 1. The Balaban J connectivity index is 1.92. The lowest BCUT2D eigenvalue weighted by Gasteiger charge is -2.24. The molecule has 184 valence electrons. The van der Waals surface area contributed by atoms with Crippen molar-refractivity contribution in [1.29, 1.82) is 0 Å². The highest BCUT2D eigenvalue weighted by Crippen LogP contribution is 2.33. The number of anilines is 2. The molecular weight excluding hydrogens is 438 g/mol. The molecule has 1 unspecified atom stereocenters. The predicted molar refractivity (Wildman–Crippen MR) is 149 cm³/mol. The van der Waals surface area contributed by atoms with Crippen molar-refractivity contribution < 1.29 is 4.79 Å². The number of benzene rings is 2. The Labute approximate surface area is 210 Å². The molecule has 2 aromatic carbocycles. The molecule has 1 aromatic heterocycles. The van der Waals surface area contributed by atoms with Crippen LogP contribution in [0.2, 0.25) is 0 Å². The van der Waals surface area contributed by atoms with Crippen LogP contribution >= 0.6 is 11.8 Å². The number of hydrogen-bond donors (Lipinski definition) is 0. The van der Waals surface area contributed by atoms with Gasteiger partial charge in [0.1, 0.15) is 0 Å². The largest absolute Gasteiger partial charge is 0.315 e. The van der Waals surface area contributed by atoms with Crippen LogP contribution in [0.3, 0.4) is 0 Å². The second-order valence-electron chi connectivity index (χ2n) is 9.94. The van der Waals surface area contributed by atoms with Gasteiger partial charge >= 0.3 is 0 Å². The lowest BCUT2D eigenvalue weighted by Crippen LogP contribution is -2.21. The minimum atomic E-state index is 0.105. The molecule has 5 heteroatoms. The van der Waals surface area contributed by atoms with Gasteiger partial charge in [0.2, 0.25) is 11.9 Å². The third kappa shape index (κ3) is 6.44. The number of fused-ring (bicyclic) bond motifs is 1. The van der Waals surface area contributed by atoms with E-state index in [9.17, 15) is 4.79 Å². The van der Waals surface area contributed by atoms with E-state index in [0.29, 0.717) is 18.3 Å². The number of imidazole rings is 1. The summed E-state index contributed by atoms with van der Waals surface area (Å²) in [5.74, 6) is 2.08. The molecule has 3 rings (SSSR count). The van der Waals surface area contributed by atoms with E-state index in [1.165, 1.54) is 24.8 Å². The molecule has 4 nitrogen and oxygen atoms in total. The van der Waals surface area contributed by atoms with Gasteiger partial charge in [-0.05, 0) is 48.6 Å². The molecule has 0 amide bonds. The van der Waals surface area contributed by atoms with E-state index in [4.69, 9.17) is 4.98 Å². The topological polar surface area (TPSA) is 38.1 Å². The number of hydrogen-bond acceptors (Lipinski definition) is 4. The van der Waals surface area contributed by atoms with Gasteiger partial charge in [-0.3, -0.25) is 4.79 Å². The Morgan fingerprint density at radius 1 is 1.12 bits per heavy atom. The molecule has 0 aliphatic carbocycles. The third-order valence-electron chi connectivity index (χ3n) is 6.59. The van der Waals surface area contributed by atoms with Gasteiger partial charge in [0, 0.05) is 29.7 Å². The fourth-order valence-corrected chi connectivity index (χ4v) is 5.55. The van der Waals surface area contributed by atoms with E-state index in [1.807, 2.05) is 46.5 Å². The first-order valence-corrected chi connectivity index (χ1v) is 13.7. The minimum absolute atomic E-state index is 0.105. The summed E-state index contributed by atoms with van der Waals surface area (Å²) in [4.78, 5) is 20.6. The van der Waals surface area contributed by atoms with E-state index >= 15 is 0 Å². The summed E-state index contributed by atoms with van der Waals surface area (Å²) in [6.07, 6.45) is 6.41. The summed E-state index contributed by atoms with van der Waals surface area (Å²) < 4.78 is 2.03. The van der Waals surface area contributed by atoms with Gasteiger partial charge in [-0.15, -0.1) is 0 Å². The van der Waals surface area contributed by atoms with E-state index < -0.39 is 0 Å². The summed E-state index contributed by atoms with van der Waals surface area (Å²) in [6.45, 7) is 11.3. The standard InChI is InChI=1S/C29H41N3OS/c1-7-9-19-29(4,5)34-20-18-27(33)32-26-17-16-23(22(3)13-8-2)21-25(26)30-28(32)31(6)24-14-11-10-12-15-24/h10-12,14-17,21-22H,7-9,13,18-20H2,1-6H3. The number of rotatable bonds is 12. The first-order chi connectivity index (χ1) is 16.3. The summed E-state index contributed by atoms with van der Waals surface area (Å²) in [5.41, 5.74) is 4.09. The van der Waals surface area contributed by atoms with Crippen molar-refractivity contribution in [2.24, 2.45) is 0 Å². The second kappa shape index (κ2) is 11.9. The van der Waals surface area contributed by atoms with E-state index in [0.717, 1.165) is 35.3 Å². The molecule has 0 aliphatic rings. The van der Waals surface area contributed by atoms with Crippen LogP contribution in [0, 0.1) is 0 Å². The molecule has 0 aliphatic heterocycles. The zero-order valence-electron chi connectivity index (χ0n) is 21.8. The van der Waals surface area contributed by atoms with Crippen molar-refractivity contribution >= 4 is 40.3 Å². The van der Waals surface area contributed by atoms with E-state index in [-0.39, 0.29) is 10.7 Å². The highest BCUT2D eigenvalue weighted by Gasteiger charge is 2.23. The Bertz CT molecular complexity index is 1070. The maximum atomic E-state index is 13.6. The Kier molecular flexibility index (Phi) is 9.24. The van der Waals surface area contributed by atoms with Gasteiger partial charge in [-0.1, -0.05) is 78.1 Å². The van der Waals surface area contributed by atoms with Crippen molar-refractivity contribution in [3.05, 3.63) is 54.1 Å². The summed E-state index contributed by atoms with van der Waals surface area (Å²) in [7, 11) is 1.99. The molecule has 1 heterocycles. The van der Waals surface area contributed by atoms with Gasteiger partial charge in [-0.2, -0.15) is 11.8 Å². The van der Waals surface area contributed by atoms with Crippen LogP contribution in [-0.4, -0.2) is 33.0 Å². The van der Waals surface area contributed by atoms with Crippen LogP contribution in [-0.2, 0) is 0 Å². The molecule has 0 spiro atoms. The van der Waals surface area contributed by atoms with Gasteiger partial charge < -0.3 is 4.90 Å². The maximum Gasteiger partial charge on any atom is 0.234 e. The van der Waals surface area contributed by atoms with Crippen LogP contribution in [0.15, 0.2) is 48.5 Å². The van der Waals surface area contributed by atoms with Gasteiger partial charge in [0.15, 0.2) is 0 Å². The average molecular weight is 480 g/mol. The minimum Gasteiger partial charge on any atom is -0.315 e.